The summed E-state index contributed by atoms with van der Waals surface area (Å²) in [5.74, 6) is -1.72. The van der Waals surface area contributed by atoms with Gasteiger partial charge in [-0.2, -0.15) is 0 Å². The van der Waals surface area contributed by atoms with Gasteiger partial charge < -0.3 is 19.5 Å². The molecule has 0 spiro atoms. The predicted molar refractivity (Wildman–Crippen MR) is 146 cm³/mol. The number of carbonyl (C=O) groups is 3. The number of aliphatic hydroxyl groups excluding tert-OH is 1. The maximum Gasteiger partial charge on any atom is 0.337 e. The molecule has 0 aromatic heterocycles. The van der Waals surface area contributed by atoms with Gasteiger partial charge in [-0.15, -0.1) is 0 Å². The van der Waals surface area contributed by atoms with Gasteiger partial charge in [-0.05, 0) is 72.6 Å². The van der Waals surface area contributed by atoms with Crippen LogP contribution in [-0.2, 0) is 14.3 Å². The second-order valence-corrected chi connectivity index (χ2v) is 9.07. The number of hydrogen-bond donors (Lipinski definition) is 1. The molecule has 8 heteroatoms. The number of methoxy groups -OCH3 is 1. The van der Waals surface area contributed by atoms with Gasteiger partial charge in [-0.3, -0.25) is 14.5 Å². The van der Waals surface area contributed by atoms with Crippen LogP contribution in [0.15, 0.2) is 78.4 Å². The average molecular weight is 515 g/mol. The molecule has 1 fully saturated rings. The molecule has 1 unspecified atom stereocenters. The number of benzene rings is 3. The Morgan fingerprint density at radius 2 is 1.53 bits per heavy atom. The Labute approximate surface area is 221 Å². The number of rotatable bonds is 8. The summed E-state index contributed by atoms with van der Waals surface area (Å²) in [5, 5.41) is 11.3. The van der Waals surface area contributed by atoms with Crippen molar-refractivity contribution in [1.82, 2.24) is 0 Å². The van der Waals surface area contributed by atoms with Crippen LogP contribution < -0.4 is 14.5 Å². The Kier molecular flexibility index (Phi) is 7.81. The Morgan fingerprint density at radius 3 is 2.08 bits per heavy atom. The van der Waals surface area contributed by atoms with Crippen LogP contribution >= 0.6 is 0 Å². The molecule has 0 aliphatic carbocycles. The Balaban J connectivity index is 1.83. The molecule has 38 heavy (non-hydrogen) atoms. The van der Waals surface area contributed by atoms with Crippen LogP contribution in [0, 0.1) is 0 Å². The van der Waals surface area contributed by atoms with Crippen molar-refractivity contribution in [2.24, 2.45) is 0 Å². The summed E-state index contributed by atoms with van der Waals surface area (Å²) in [6.07, 6.45) is 0.860. The van der Waals surface area contributed by atoms with E-state index in [0.29, 0.717) is 34.7 Å². The van der Waals surface area contributed by atoms with Crippen LogP contribution in [0.25, 0.3) is 5.76 Å². The monoisotopic (exact) mass is 514 g/mol. The summed E-state index contributed by atoms with van der Waals surface area (Å²) in [4.78, 5) is 41.9. The van der Waals surface area contributed by atoms with Crippen LogP contribution in [0.3, 0.4) is 0 Å². The lowest BCUT2D eigenvalue weighted by Gasteiger charge is -2.26. The maximum absolute atomic E-state index is 13.4. The molecule has 1 aliphatic heterocycles. The van der Waals surface area contributed by atoms with Gasteiger partial charge in [0.15, 0.2) is 0 Å². The number of hydrogen-bond acceptors (Lipinski definition) is 7. The fraction of sp³-hybridized carbons (Fsp3) is 0.233. The van der Waals surface area contributed by atoms with Crippen molar-refractivity contribution >= 4 is 34.8 Å². The zero-order chi connectivity index (χ0) is 27.4. The molecule has 0 bridgehead atoms. The first-order chi connectivity index (χ1) is 18.3. The summed E-state index contributed by atoms with van der Waals surface area (Å²) >= 11 is 0. The molecular formula is C30H30N2O6. The van der Waals surface area contributed by atoms with Gasteiger partial charge in [0.25, 0.3) is 11.7 Å². The number of aliphatic hydroxyl groups is 1. The van der Waals surface area contributed by atoms with Crippen LogP contribution in [0.1, 0.15) is 40.9 Å². The number of carbonyl (C=O) groups excluding carboxylic acids is 3. The van der Waals surface area contributed by atoms with Gasteiger partial charge in [0.2, 0.25) is 0 Å². The van der Waals surface area contributed by atoms with Crippen molar-refractivity contribution in [3.05, 3.63) is 95.1 Å². The Bertz CT molecular complexity index is 1360. The lowest BCUT2D eigenvalue weighted by Crippen LogP contribution is -2.29. The molecule has 8 nitrogen and oxygen atoms in total. The molecule has 4 rings (SSSR count). The third-order valence-electron chi connectivity index (χ3n) is 6.34. The van der Waals surface area contributed by atoms with E-state index in [-0.39, 0.29) is 11.3 Å². The van der Waals surface area contributed by atoms with E-state index in [9.17, 15) is 19.5 Å². The molecule has 1 aliphatic rings. The zero-order valence-electron chi connectivity index (χ0n) is 21.8. The quantitative estimate of drug-likeness (QED) is 0.197. The molecule has 3 aromatic carbocycles. The van der Waals surface area contributed by atoms with Crippen LogP contribution in [0.5, 0.6) is 5.75 Å². The van der Waals surface area contributed by atoms with E-state index in [0.717, 1.165) is 12.1 Å². The van der Waals surface area contributed by atoms with Crippen LogP contribution in [0.4, 0.5) is 11.4 Å². The second-order valence-electron chi connectivity index (χ2n) is 9.07. The van der Waals surface area contributed by atoms with Crippen LogP contribution in [0.2, 0.25) is 0 Å². The lowest BCUT2D eigenvalue weighted by molar-refractivity contribution is -0.132. The van der Waals surface area contributed by atoms with Gasteiger partial charge in [0.1, 0.15) is 11.5 Å². The standard InChI is InChI=1S/C30H30N2O6/c1-5-18-38-24-16-10-20(11-17-24)27(33)25-26(19-6-12-22(13-7-19)31(2)3)32(29(35)28(25)34)23-14-8-21(9-15-23)30(36)37-4/h6-17,26,33H,5,18H2,1-4H3/b27-25+. The van der Waals surface area contributed by atoms with E-state index in [1.165, 1.54) is 24.1 Å². The van der Waals surface area contributed by atoms with Gasteiger partial charge >= 0.3 is 5.97 Å². The number of amides is 1. The largest absolute Gasteiger partial charge is 0.507 e. The fourth-order valence-corrected chi connectivity index (χ4v) is 4.33. The summed E-state index contributed by atoms with van der Waals surface area (Å²) in [6.45, 7) is 2.57. The van der Waals surface area contributed by atoms with Gasteiger partial charge in [0.05, 0.1) is 30.9 Å². The highest BCUT2D eigenvalue weighted by Crippen LogP contribution is 2.42. The topological polar surface area (TPSA) is 96.4 Å². The number of ether oxygens (including phenoxy) is 2. The number of Topliss-reactive ketones (excluding diaryl/α,β-unsaturated/α-hetero) is 1. The highest BCUT2D eigenvalue weighted by Gasteiger charge is 2.47. The normalized spacial score (nSPS) is 16.4. The molecule has 196 valence electrons. The zero-order valence-corrected chi connectivity index (χ0v) is 21.8. The second kappa shape index (κ2) is 11.2. The lowest BCUT2D eigenvalue weighted by atomic mass is 9.95. The van der Waals surface area contributed by atoms with Gasteiger partial charge in [0, 0.05) is 31.0 Å². The van der Waals surface area contributed by atoms with E-state index in [4.69, 9.17) is 9.47 Å². The number of esters is 1. The van der Waals surface area contributed by atoms with E-state index < -0.39 is 23.7 Å². The first-order valence-electron chi connectivity index (χ1n) is 12.3. The summed E-state index contributed by atoms with van der Waals surface area (Å²) in [5.41, 5.74) is 2.68. The van der Waals surface area contributed by atoms with E-state index in [1.54, 1.807) is 36.4 Å². The smallest absolute Gasteiger partial charge is 0.337 e. The third-order valence-corrected chi connectivity index (χ3v) is 6.34. The van der Waals surface area contributed by atoms with Gasteiger partial charge in [-0.1, -0.05) is 19.1 Å². The summed E-state index contributed by atoms with van der Waals surface area (Å²) in [7, 11) is 5.12. The number of nitrogens with zero attached hydrogens (tertiary/aromatic N) is 2. The molecule has 3 aromatic rings. The van der Waals surface area contributed by atoms with Crippen molar-refractivity contribution in [3.8, 4) is 5.75 Å². The number of anilines is 2. The molecule has 1 N–H and O–H groups in total. The molecule has 1 amide bonds. The van der Waals surface area contributed by atoms with Crippen molar-refractivity contribution in [3.63, 3.8) is 0 Å². The summed E-state index contributed by atoms with van der Waals surface area (Å²) in [6, 6.07) is 19.5. The number of ketones is 1. The highest BCUT2D eigenvalue weighted by molar-refractivity contribution is 6.51. The first kappa shape index (κ1) is 26.5. The minimum atomic E-state index is -0.883. The minimum absolute atomic E-state index is 0.0214. The van der Waals surface area contributed by atoms with Crippen molar-refractivity contribution < 1.29 is 29.0 Å². The van der Waals surface area contributed by atoms with Crippen LogP contribution in [-0.4, -0.2) is 50.6 Å². The Morgan fingerprint density at radius 1 is 0.921 bits per heavy atom. The molecule has 1 saturated heterocycles. The maximum atomic E-state index is 13.4. The van der Waals surface area contributed by atoms with Crippen molar-refractivity contribution in [2.75, 3.05) is 37.6 Å². The van der Waals surface area contributed by atoms with Gasteiger partial charge in [-0.25, -0.2) is 4.79 Å². The SMILES string of the molecule is CCCOc1ccc(/C(O)=C2\C(=O)C(=O)N(c3ccc(C(=O)OC)cc3)C2c2ccc(N(C)C)cc2)cc1. The van der Waals surface area contributed by atoms with E-state index in [2.05, 4.69) is 0 Å². The Hall–Kier alpha value is -4.59. The minimum Gasteiger partial charge on any atom is -0.507 e. The summed E-state index contributed by atoms with van der Waals surface area (Å²) < 4.78 is 10.4. The van der Waals surface area contributed by atoms with Crippen molar-refractivity contribution in [1.29, 1.82) is 0 Å². The molecular weight excluding hydrogens is 484 g/mol. The fourth-order valence-electron chi connectivity index (χ4n) is 4.33. The average Bonchev–Trinajstić information content (AvgIpc) is 3.21. The first-order valence-corrected chi connectivity index (χ1v) is 12.3. The molecule has 0 radical (unpaired) electrons. The highest BCUT2D eigenvalue weighted by atomic mass is 16.5. The van der Waals surface area contributed by atoms with Crippen molar-refractivity contribution in [2.45, 2.75) is 19.4 Å². The molecule has 1 heterocycles. The molecule has 0 saturated carbocycles. The molecule has 1 atom stereocenters. The van der Waals surface area contributed by atoms with E-state index in [1.807, 2.05) is 50.2 Å². The third kappa shape index (κ3) is 5.11. The van der Waals surface area contributed by atoms with E-state index >= 15 is 0 Å². The predicted octanol–water partition coefficient (Wildman–Crippen LogP) is 4.95.